The van der Waals surface area contributed by atoms with Crippen molar-refractivity contribution in [2.24, 2.45) is 0 Å². The van der Waals surface area contributed by atoms with Crippen LogP contribution in [0.3, 0.4) is 0 Å². The molecular formula is C22H29N5O2S. The molecule has 0 saturated heterocycles. The highest BCUT2D eigenvalue weighted by Gasteiger charge is 2.15. The zero-order valence-electron chi connectivity index (χ0n) is 18.1. The Labute approximate surface area is 181 Å². The molecule has 2 heterocycles. The van der Waals surface area contributed by atoms with Crippen molar-refractivity contribution in [3.63, 3.8) is 0 Å². The number of thioether (sulfide) groups is 1. The molecule has 0 radical (unpaired) electrons. The summed E-state index contributed by atoms with van der Waals surface area (Å²) in [5.41, 5.74) is 5.63. The lowest BCUT2D eigenvalue weighted by Crippen LogP contribution is -2.26. The monoisotopic (exact) mass is 427 g/mol. The molecule has 0 bridgehead atoms. The van der Waals surface area contributed by atoms with E-state index in [1.165, 1.54) is 22.9 Å². The van der Waals surface area contributed by atoms with E-state index in [2.05, 4.69) is 51.6 Å². The van der Waals surface area contributed by atoms with Gasteiger partial charge in [-0.3, -0.25) is 4.79 Å². The van der Waals surface area contributed by atoms with E-state index in [1.807, 2.05) is 20.8 Å². The van der Waals surface area contributed by atoms with Gasteiger partial charge in [0.05, 0.1) is 5.75 Å². The number of rotatable bonds is 10. The molecule has 0 spiro atoms. The van der Waals surface area contributed by atoms with Gasteiger partial charge in [-0.2, -0.15) is 4.98 Å². The van der Waals surface area contributed by atoms with E-state index < -0.39 is 0 Å². The van der Waals surface area contributed by atoms with Crippen molar-refractivity contribution >= 4 is 23.4 Å². The zero-order chi connectivity index (χ0) is 21.5. The van der Waals surface area contributed by atoms with Crippen LogP contribution in [0.25, 0.3) is 5.78 Å². The number of nitrogens with one attached hydrogen (secondary N) is 1. The first-order valence-corrected chi connectivity index (χ1v) is 11.2. The summed E-state index contributed by atoms with van der Waals surface area (Å²) >= 11 is 1.32. The lowest BCUT2D eigenvalue weighted by Gasteiger charge is -2.10. The normalized spacial score (nSPS) is 11.2. The van der Waals surface area contributed by atoms with Crippen LogP contribution in [0, 0.1) is 20.8 Å². The highest BCUT2D eigenvalue weighted by Crippen LogP contribution is 2.21. The summed E-state index contributed by atoms with van der Waals surface area (Å²) in [5.74, 6) is 0.814. The highest BCUT2D eigenvalue weighted by atomic mass is 32.2. The third kappa shape index (κ3) is 5.79. The van der Waals surface area contributed by atoms with Crippen LogP contribution < -0.4 is 5.32 Å². The van der Waals surface area contributed by atoms with Gasteiger partial charge >= 0.3 is 0 Å². The first kappa shape index (κ1) is 22.2. The molecule has 7 nitrogen and oxygen atoms in total. The molecule has 0 aliphatic heterocycles. The number of benzene rings is 1. The van der Waals surface area contributed by atoms with Crippen LogP contribution in [0.2, 0.25) is 0 Å². The lowest BCUT2D eigenvalue weighted by molar-refractivity contribution is -0.118. The average molecular weight is 428 g/mol. The molecule has 8 heteroatoms. The number of hydrogen-bond acceptors (Lipinski definition) is 6. The van der Waals surface area contributed by atoms with Crippen LogP contribution in [-0.2, 0) is 16.0 Å². The smallest absolute Gasteiger partial charge is 0.253 e. The maximum absolute atomic E-state index is 12.0. The minimum Gasteiger partial charge on any atom is -0.382 e. The Morgan fingerprint density at radius 1 is 1.23 bits per heavy atom. The summed E-state index contributed by atoms with van der Waals surface area (Å²) in [7, 11) is 0. The number of aryl methyl sites for hydroxylation is 3. The third-order valence-corrected chi connectivity index (χ3v) is 5.65. The van der Waals surface area contributed by atoms with Crippen LogP contribution in [0.15, 0.2) is 29.4 Å². The van der Waals surface area contributed by atoms with Gasteiger partial charge in [0.25, 0.3) is 5.78 Å². The van der Waals surface area contributed by atoms with Gasteiger partial charge in [0.1, 0.15) is 0 Å². The van der Waals surface area contributed by atoms with Crippen molar-refractivity contribution in [1.82, 2.24) is 24.9 Å². The molecule has 0 saturated carbocycles. The molecule has 1 aromatic carbocycles. The fourth-order valence-corrected chi connectivity index (χ4v) is 3.91. The minimum atomic E-state index is -0.0312. The second-order valence-corrected chi connectivity index (χ2v) is 8.16. The van der Waals surface area contributed by atoms with E-state index in [0.717, 1.165) is 29.8 Å². The van der Waals surface area contributed by atoms with E-state index in [-0.39, 0.29) is 11.7 Å². The quantitative estimate of drug-likeness (QED) is 0.395. The standard InChI is InChI=1S/C22H29N5O2S/c1-5-29-11-7-10-23-20(28)14-30-22-25-21-24-16(3)19(17(4)27(21)26-22)13-18-9-6-8-15(2)12-18/h6,8-9,12H,5,7,10-11,13-14H2,1-4H3,(H,23,28). The van der Waals surface area contributed by atoms with Crippen LogP contribution in [0.5, 0.6) is 0 Å². The number of carbonyl (C=O) groups is 1. The van der Waals surface area contributed by atoms with Gasteiger partial charge in [0.15, 0.2) is 0 Å². The van der Waals surface area contributed by atoms with E-state index in [1.54, 1.807) is 4.52 Å². The van der Waals surface area contributed by atoms with Crippen LogP contribution in [-0.4, -0.2) is 51.0 Å². The topological polar surface area (TPSA) is 81.4 Å². The number of amides is 1. The summed E-state index contributed by atoms with van der Waals surface area (Å²) in [4.78, 5) is 21.2. The molecule has 1 N–H and O–H groups in total. The molecule has 0 fully saturated rings. The van der Waals surface area contributed by atoms with Gasteiger partial charge in [-0.05, 0) is 45.2 Å². The molecule has 160 valence electrons. The summed E-state index contributed by atoms with van der Waals surface area (Å²) in [6.07, 6.45) is 1.61. The molecule has 0 unspecified atom stereocenters. The maximum Gasteiger partial charge on any atom is 0.253 e. The van der Waals surface area contributed by atoms with E-state index in [0.29, 0.717) is 30.7 Å². The zero-order valence-corrected chi connectivity index (χ0v) is 18.9. The summed E-state index contributed by atoms with van der Waals surface area (Å²) in [6, 6.07) is 8.50. The number of hydrogen-bond donors (Lipinski definition) is 1. The van der Waals surface area contributed by atoms with Crippen molar-refractivity contribution in [2.45, 2.75) is 45.7 Å². The third-order valence-electron chi connectivity index (χ3n) is 4.82. The van der Waals surface area contributed by atoms with Gasteiger partial charge in [-0.1, -0.05) is 41.6 Å². The number of ether oxygens (including phenoxy) is 1. The lowest BCUT2D eigenvalue weighted by atomic mass is 10.0. The summed E-state index contributed by atoms with van der Waals surface area (Å²) in [5, 5.41) is 8.02. The number of aromatic nitrogens is 4. The van der Waals surface area contributed by atoms with Crippen molar-refractivity contribution in [2.75, 3.05) is 25.5 Å². The Bertz CT molecular complexity index is 1020. The van der Waals surface area contributed by atoms with Crippen molar-refractivity contribution in [3.05, 3.63) is 52.3 Å². The van der Waals surface area contributed by atoms with Gasteiger partial charge in [0.2, 0.25) is 11.1 Å². The molecule has 0 atom stereocenters. The molecule has 2 aromatic heterocycles. The Morgan fingerprint density at radius 3 is 2.83 bits per heavy atom. The van der Waals surface area contributed by atoms with Crippen molar-refractivity contribution in [3.8, 4) is 0 Å². The largest absolute Gasteiger partial charge is 0.382 e. The molecule has 3 aromatic rings. The van der Waals surface area contributed by atoms with Gasteiger partial charge < -0.3 is 10.1 Å². The molecule has 0 aliphatic carbocycles. The molecule has 3 rings (SSSR count). The maximum atomic E-state index is 12.0. The first-order chi connectivity index (χ1) is 14.5. The number of carbonyl (C=O) groups excluding carboxylic acids is 1. The average Bonchev–Trinajstić information content (AvgIpc) is 3.12. The van der Waals surface area contributed by atoms with Crippen LogP contribution >= 0.6 is 11.8 Å². The van der Waals surface area contributed by atoms with Gasteiger partial charge in [0, 0.05) is 37.6 Å². The molecular weight excluding hydrogens is 398 g/mol. The van der Waals surface area contributed by atoms with Gasteiger partial charge in [-0.15, -0.1) is 5.10 Å². The Balaban J connectivity index is 1.66. The second-order valence-electron chi connectivity index (χ2n) is 7.22. The fourth-order valence-electron chi connectivity index (χ4n) is 3.26. The predicted molar refractivity (Wildman–Crippen MR) is 119 cm³/mol. The number of nitrogens with zero attached hydrogens (tertiary/aromatic N) is 4. The van der Waals surface area contributed by atoms with Crippen LogP contribution in [0.1, 0.15) is 41.4 Å². The summed E-state index contributed by atoms with van der Waals surface area (Å²) in [6.45, 7) is 10.1. The van der Waals surface area contributed by atoms with Crippen LogP contribution in [0.4, 0.5) is 0 Å². The Kier molecular flexibility index (Phi) is 7.81. The first-order valence-electron chi connectivity index (χ1n) is 10.2. The van der Waals surface area contributed by atoms with Crippen molar-refractivity contribution < 1.29 is 9.53 Å². The SMILES string of the molecule is CCOCCCNC(=O)CSc1nc2nc(C)c(Cc3cccc(C)c3)c(C)n2n1. The molecule has 1 amide bonds. The fraction of sp³-hybridized carbons (Fsp3) is 0.455. The predicted octanol–water partition coefficient (Wildman–Crippen LogP) is 3.28. The summed E-state index contributed by atoms with van der Waals surface area (Å²) < 4.78 is 7.04. The number of fused-ring (bicyclic) bond motifs is 1. The highest BCUT2D eigenvalue weighted by molar-refractivity contribution is 7.99. The van der Waals surface area contributed by atoms with E-state index in [4.69, 9.17) is 4.74 Å². The Morgan fingerprint density at radius 2 is 2.07 bits per heavy atom. The molecule has 30 heavy (non-hydrogen) atoms. The second kappa shape index (κ2) is 10.5. The molecule has 0 aliphatic rings. The van der Waals surface area contributed by atoms with E-state index >= 15 is 0 Å². The van der Waals surface area contributed by atoms with E-state index in [9.17, 15) is 4.79 Å². The van der Waals surface area contributed by atoms with Gasteiger partial charge in [-0.25, -0.2) is 9.50 Å². The van der Waals surface area contributed by atoms with Crippen molar-refractivity contribution in [1.29, 1.82) is 0 Å². The minimum absolute atomic E-state index is 0.0312. The Hall–Kier alpha value is -2.45.